The van der Waals surface area contributed by atoms with Crippen molar-refractivity contribution >= 4 is 50.5 Å². The van der Waals surface area contributed by atoms with Crippen molar-refractivity contribution in [2.75, 3.05) is 47.9 Å². The molecule has 1 N–H and O–H groups in total. The molecule has 0 amide bonds. The maximum atomic E-state index is 16.7. The number of aromatic nitrogens is 2. The van der Waals surface area contributed by atoms with Gasteiger partial charge in [-0.3, -0.25) is 28.8 Å². The molecule has 12 nitrogen and oxygen atoms in total. The van der Waals surface area contributed by atoms with E-state index in [-0.39, 0.29) is 69.4 Å². The molecule has 6 rings (SSSR count). The van der Waals surface area contributed by atoms with Crippen molar-refractivity contribution in [3.05, 3.63) is 183 Å². The number of pyridine rings is 2. The van der Waals surface area contributed by atoms with E-state index in [0.717, 1.165) is 22.3 Å². The molecule has 0 saturated heterocycles. The fourth-order valence-electron chi connectivity index (χ4n) is 12.2. The molecule has 2 unspecified atom stereocenters. The first kappa shape index (κ1) is 85.2. The van der Waals surface area contributed by atoms with Gasteiger partial charge in [0.1, 0.15) is 23.3 Å². The van der Waals surface area contributed by atoms with Gasteiger partial charge in [0.15, 0.2) is 11.6 Å². The first-order valence-electron chi connectivity index (χ1n) is 32.0. The summed E-state index contributed by atoms with van der Waals surface area (Å²) in [4.78, 5) is 83.6. The van der Waals surface area contributed by atoms with Gasteiger partial charge in [0, 0.05) is 84.5 Å². The monoisotopic (exact) mass is 1420 g/mol. The molecule has 0 fully saturated rings. The highest BCUT2D eigenvalue weighted by Gasteiger charge is 2.43. The van der Waals surface area contributed by atoms with Crippen molar-refractivity contribution in [1.29, 1.82) is 0 Å². The number of hydrogen-bond donors (Lipinski definition) is 1. The number of esters is 1. The van der Waals surface area contributed by atoms with Crippen LogP contribution in [0.1, 0.15) is 175 Å². The van der Waals surface area contributed by atoms with Gasteiger partial charge in [0.25, 0.3) is 11.1 Å². The van der Waals surface area contributed by atoms with E-state index in [1.807, 2.05) is 65.7 Å². The highest BCUT2D eigenvalue weighted by molar-refractivity contribution is 7.59. The summed E-state index contributed by atoms with van der Waals surface area (Å²) in [6.45, 7) is 23.5. The number of ketones is 2. The molecular weight excluding hydrogens is 1330 g/mol. The molecule has 4 aromatic carbocycles. The molecule has 540 valence electrons. The average molecular weight is 1420 g/mol. The van der Waals surface area contributed by atoms with Crippen molar-refractivity contribution in [3.63, 3.8) is 0 Å². The molecule has 4 atom stereocenters. The standard InChI is InChI=1S/C38H47F5N2O4.C36H43F5N2O4.2H2S/c1-10-49-33(48)18-27(17-31(46)30(15-21(2)3)45-20-26(13-14-44(8)9)24(6)16-32(45)47)35-36(39)28(19-29(37(35)40)38(41,42)43)34-23(5)12-11-22(4)25(34)7;1-19(2)13-28(43-18-24(11-12-42(7)8)22(5)14-30(43)45)29(44)15-25(16-31(46)47)33-34(37)26(17-27(35(33)38)36(39,40)41)32-21(4)10-9-20(3)23(32)6;;/h11-12,16,19-21,27,30H,10,13-15,17-18H2,1-9H3;9-10,14,17-19,25,28H,11-13,15-16H2,1-8H3,(H,46,47);2*1H2/t27-,30?;25-,28?;;/m00../s1. The number of carbonyl (C=O) groups excluding carboxylic acids is 3. The lowest BCUT2D eigenvalue weighted by Gasteiger charge is -2.26. The van der Waals surface area contributed by atoms with Crippen LogP contribution in [0.5, 0.6) is 0 Å². The minimum atomic E-state index is -5.25. The van der Waals surface area contributed by atoms with Crippen LogP contribution in [-0.4, -0.2) is 95.4 Å². The van der Waals surface area contributed by atoms with Crippen LogP contribution in [0.15, 0.2) is 70.5 Å². The molecule has 0 aliphatic heterocycles. The van der Waals surface area contributed by atoms with E-state index >= 15 is 17.6 Å². The van der Waals surface area contributed by atoms with Gasteiger partial charge in [-0.15, -0.1) is 0 Å². The van der Waals surface area contributed by atoms with Crippen LogP contribution >= 0.6 is 27.0 Å². The fraction of sp³-hybridized carbons (Fsp3) is 0.486. The number of aliphatic carboxylic acids is 1. The number of likely N-dealkylation sites (N-methyl/N-ethyl adjacent to an activating group) is 2. The lowest BCUT2D eigenvalue weighted by Crippen LogP contribution is -2.32. The Labute approximate surface area is 582 Å². The van der Waals surface area contributed by atoms with Gasteiger partial charge in [-0.1, -0.05) is 52.0 Å². The Balaban J connectivity index is 0.000000500. The molecule has 0 spiro atoms. The zero-order valence-corrected chi connectivity index (χ0v) is 60.9. The summed E-state index contributed by atoms with van der Waals surface area (Å²) in [5.74, 6) is -14.0. The second kappa shape index (κ2) is 35.8. The second-order valence-electron chi connectivity index (χ2n) is 26.6. The predicted octanol–water partition coefficient (Wildman–Crippen LogP) is 16.6. The number of nitrogens with zero attached hydrogens (tertiary/aromatic N) is 4. The quantitative estimate of drug-likeness (QED) is 0.0390. The smallest absolute Gasteiger partial charge is 0.419 e. The molecule has 98 heavy (non-hydrogen) atoms. The van der Waals surface area contributed by atoms with E-state index < -0.39 is 153 Å². The zero-order valence-electron chi connectivity index (χ0n) is 58.9. The SMILES string of the molecule is CCOC(=O)C[C@H](CC(=O)C(CC(C)C)n1cc(CCN(C)C)c(C)cc1=O)c1c(F)c(-c2c(C)ccc(C)c2C)cc(C(F)(F)F)c1F.Cc1cc(=O)n(C(CC(C)C)C(=O)C[C@@H](CC(=O)O)c2c(F)c(-c3c(C)ccc(C)c3C)cc(C(F)(F)F)c2F)cc1CCN(C)C.S.S. The summed E-state index contributed by atoms with van der Waals surface area (Å²) in [6, 6.07) is 8.14. The summed E-state index contributed by atoms with van der Waals surface area (Å²) >= 11 is 0. The van der Waals surface area contributed by atoms with Crippen LogP contribution in [-0.2, 0) is 49.1 Å². The number of ether oxygens (including phenoxy) is 1. The van der Waals surface area contributed by atoms with Gasteiger partial charge in [0.2, 0.25) is 0 Å². The molecule has 0 radical (unpaired) electrons. The Kier molecular flexibility index (Phi) is 31.2. The maximum Gasteiger partial charge on any atom is 0.419 e. The highest BCUT2D eigenvalue weighted by Crippen LogP contribution is 2.46. The van der Waals surface area contributed by atoms with Crippen molar-refractivity contribution < 1.29 is 72.9 Å². The number of benzene rings is 4. The Hall–Kier alpha value is -7.02. The third kappa shape index (κ3) is 21.3. The molecule has 2 aromatic heterocycles. The first-order chi connectivity index (χ1) is 44.5. The van der Waals surface area contributed by atoms with Crippen LogP contribution in [0, 0.1) is 90.5 Å². The Morgan fingerprint density at radius 1 is 0.510 bits per heavy atom. The van der Waals surface area contributed by atoms with Crippen LogP contribution in [0.3, 0.4) is 0 Å². The Morgan fingerprint density at radius 3 is 1.15 bits per heavy atom. The van der Waals surface area contributed by atoms with Gasteiger partial charge in [-0.25, -0.2) is 17.6 Å². The highest BCUT2D eigenvalue weighted by atomic mass is 32.1. The number of halogens is 10. The fourth-order valence-corrected chi connectivity index (χ4v) is 12.2. The Morgan fingerprint density at radius 2 is 0.847 bits per heavy atom. The van der Waals surface area contributed by atoms with E-state index in [9.17, 15) is 60.2 Å². The maximum absolute atomic E-state index is 16.7. The van der Waals surface area contributed by atoms with Crippen molar-refractivity contribution in [2.45, 2.75) is 178 Å². The van der Waals surface area contributed by atoms with E-state index in [1.54, 1.807) is 92.0 Å². The van der Waals surface area contributed by atoms with Crippen LogP contribution in [0.2, 0.25) is 0 Å². The minimum Gasteiger partial charge on any atom is -0.481 e. The Bertz CT molecular complexity index is 3970. The first-order valence-corrected chi connectivity index (χ1v) is 32.0. The summed E-state index contributed by atoms with van der Waals surface area (Å²) < 4.78 is 159. The largest absolute Gasteiger partial charge is 0.481 e. The molecule has 0 aliphatic carbocycles. The van der Waals surface area contributed by atoms with Gasteiger partial charge in [0.05, 0.1) is 42.7 Å². The summed E-state index contributed by atoms with van der Waals surface area (Å²) in [6.07, 6.45) is -9.14. The third-order valence-corrected chi connectivity index (χ3v) is 17.6. The summed E-state index contributed by atoms with van der Waals surface area (Å²) in [5.41, 5.74) is -0.982. The molecular formula is C74H94F10N4O8S2. The number of hydrogen-bond acceptors (Lipinski definition) is 9. The van der Waals surface area contributed by atoms with E-state index in [2.05, 4.69) is 0 Å². The number of carbonyl (C=O) groups is 4. The second-order valence-corrected chi connectivity index (χ2v) is 26.6. The van der Waals surface area contributed by atoms with E-state index in [0.29, 0.717) is 71.4 Å². The molecule has 0 bridgehead atoms. The molecule has 2 heterocycles. The van der Waals surface area contributed by atoms with Crippen LogP contribution in [0.25, 0.3) is 22.3 Å². The van der Waals surface area contributed by atoms with Gasteiger partial charge >= 0.3 is 24.3 Å². The lowest BCUT2D eigenvalue weighted by molar-refractivity contribution is -0.144. The number of Topliss-reactive ketones (excluding diaryl/α,β-unsaturated/α-hetero) is 2. The van der Waals surface area contributed by atoms with E-state index in [4.69, 9.17) is 4.74 Å². The number of rotatable bonds is 27. The van der Waals surface area contributed by atoms with Crippen LogP contribution < -0.4 is 11.1 Å². The third-order valence-electron chi connectivity index (χ3n) is 17.6. The topological polar surface area (TPSA) is 148 Å². The van der Waals surface area contributed by atoms with Crippen molar-refractivity contribution in [1.82, 2.24) is 18.9 Å². The van der Waals surface area contributed by atoms with Gasteiger partial charge in [-0.05, 0) is 207 Å². The van der Waals surface area contributed by atoms with Crippen LogP contribution in [0.4, 0.5) is 43.9 Å². The van der Waals surface area contributed by atoms with Gasteiger partial charge in [-0.2, -0.15) is 53.3 Å². The predicted molar refractivity (Wildman–Crippen MR) is 373 cm³/mol. The normalized spacial score (nSPS) is 13.0. The van der Waals surface area contributed by atoms with Gasteiger partial charge < -0.3 is 28.8 Å². The summed E-state index contributed by atoms with van der Waals surface area (Å²) in [5, 5.41) is 9.76. The number of alkyl halides is 6. The van der Waals surface area contributed by atoms with Crippen molar-refractivity contribution in [2.24, 2.45) is 11.8 Å². The number of carboxylic acids is 1. The average Bonchev–Trinajstić information content (AvgIpc) is 0.758. The number of aryl methyl sites for hydroxylation is 6. The molecule has 0 saturated carbocycles. The van der Waals surface area contributed by atoms with Crippen molar-refractivity contribution in [3.8, 4) is 22.3 Å². The molecule has 0 aliphatic rings. The molecule has 6 aromatic rings. The zero-order chi connectivity index (χ0) is 72.5. The summed E-state index contributed by atoms with van der Waals surface area (Å²) in [7, 11) is 7.58. The lowest BCUT2D eigenvalue weighted by atomic mass is 9.82. The van der Waals surface area contributed by atoms with E-state index in [1.165, 1.54) is 28.2 Å². The number of carboxylic acid groups (broad SMARTS) is 1. The minimum absolute atomic E-state index is 0. The molecule has 24 heteroatoms.